The second-order valence-corrected chi connectivity index (χ2v) is 18.8. The van der Waals surface area contributed by atoms with Gasteiger partial charge in [0.2, 0.25) is 17.0 Å². The average Bonchev–Trinajstić information content (AvgIpc) is 1.38. The second-order valence-electron chi connectivity index (χ2n) is 18.4. The van der Waals surface area contributed by atoms with Crippen molar-refractivity contribution in [2.24, 2.45) is 25.6 Å². The smallest absolute Gasteiger partial charge is 0.409 e. The highest BCUT2D eigenvalue weighted by Crippen LogP contribution is 2.39. The summed E-state index contributed by atoms with van der Waals surface area (Å²) < 4.78 is 101. The Hall–Kier alpha value is -11.2. The van der Waals surface area contributed by atoms with Crippen LogP contribution in [0.5, 0.6) is 17.2 Å². The maximum atomic E-state index is 13.9. The third-order valence-electron chi connectivity index (χ3n) is 11.8. The number of hydrogen-bond acceptors (Lipinski definition) is 22. The molecule has 466 valence electrons. The number of carbonyl (C=O) groups is 5. The number of carbonyl (C=O) groups excluding carboxylic acids is 5. The Balaban J connectivity index is 0.000000248. The molecule has 89 heavy (non-hydrogen) atoms. The molecular weight excluding hydrogens is 1210 g/mol. The normalized spacial score (nSPS) is 15.1. The first-order valence-corrected chi connectivity index (χ1v) is 25.4. The van der Waals surface area contributed by atoms with E-state index in [9.17, 15) is 37.1 Å². The molecule has 7 amide bonds. The first-order chi connectivity index (χ1) is 44.2. The number of nitriles is 3. The summed E-state index contributed by atoms with van der Waals surface area (Å²) in [5, 5.41) is 63.1. The van der Waals surface area contributed by atoms with Gasteiger partial charge in [-0.05, 0) is 36.4 Å². The summed E-state index contributed by atoms with van der Waals surface area (Å²) in [5.41, 5.74) is 5.46. The van der Waals surface area contributed by atoms with Gasteiger partial charge in [0, 0.05) is 61.5 Å². The van der Waals surface area contributed by atoms with Gasteiger partial charge in [0.05, 0.1) is 74.3 Å². The Morgan fingerprint density at radius 2 is 1.13 bits per heavy atom. The van der Waals surface area contributed by atoms with Gasteiger partial charge in [-0.2, -0.15) is 26.0 Å². The van der Waals surface area contributed by atoms with Crippen molar-refractivity contribution in [1.82, 2.24) is 75.7 Å². The van der Waals surface area contributed by atoms with Crippen LogP contribution < -0.4 is 57.6 Å². The lowest BCUT2D eigenvalue weighted by atomic mass is 9.99. The van der Waals surface area contributed by atoms with Crippen LogP contribution in [0.25, 0.3) is 22.8 Å². The summed E-state index contributed by atoms with van der Waals surface area (Å²) in [6.07, 6.45) is 2.28. The van der Waals surface area contributed by atoms with Gasteiger partial charge in [0.15, 0.2) is 45.5 Å². The topological polar surface area (TPSA) is 428 Å². The van der Waals surface area contributed by atoms with Crippen LogP contribution in [-0.2, 0) is 14.1 Å². The molecule has 0 saturated carbocycles. The number of hydrogen-bond donors (Lipinski definition) is 8. The van der Waals surface area contributed by atoms with Crippen molar-refractivity contribution in [3.05, 3.63) is 108 Å². The van der Waals surface area contributed by atoms with Crippen molar-refractivity contribution in [1.29, 1.82) is 15.8 Å². The number of alkyl halides is 3. The summed E-state index contributed by atoms with van der Waals surface area (Å²) >= 11 is 5.91. The minimum Gasteiger partial charge on any atom is -0.494 e. The number of methoxy groups -OCH3 is 2. The van der Waals surface area contributed by atoms with Crippen LogP contribution in [0.2, 0.25) is 5.15 Å². The Bertz CT molecular complexity index is 4030. The molecule has 10 rings (SSSR count). The highest BCUT2D eigenvalue weighted by atomic mass is 35.5. The summed E-state index contributed by atoms with van der Waals surface area (Å²) in [5.74, 6) is -0.123. The van der Waals surface area contributed by atoms with E-state index in [0.29, 0.717) is 51.4 Å². The zero-order chi connectivity index (χ0) is 69.3. The maximum absolute atomic E-state index is 13.9. The van der Waals surface area contributed by atoms with E-state index in [0.717, 1.165) is 9.80 Å². The van der Waals surface area contributed by atoms with E-state index in [1.165, 1.54) is 49.5 Å². The number of ether oxygens (including phenoxy) is 3. The number of anilines is 5. The number of benzene rings is 3. The number of halogens is 5. The number of aromatic nitrogens is 10. The van der Waals surface area contributed by atoms with Crippen LogP contribution in [0.3, 0.4) is 0 Å². The van der Waals surface area contributed by atoms with E-state index < -0.39 is 79.7 Å². The van der Waals surface area contributed by atoms with Gasteiger partial charge < -0.3 is 62.1 Å². The lowest BCUT2D eigenvalue weighted by Gasteiger charge is -2.39. The molecule has 31 nitrogen and oxygen atoms in total. The molecule has 0 spiro atoms. The average molecular weight is 1280 g/mol. The maximum Gasteiger partial charge on any atom is 0.409 e. The molecule has 3 saturated heterocycles. The van der Waals surface area contributed by atoms with Gasteiger partial charge in [0.1, 0.15) is 36.6 Å². The molecule has 3 aromatic carbocycles. The lowest BCUT2D eigenvalue weighted by Crippen LogP contribution is -2.61. The molecule has 3 aliphatic rings. The van der Waals surface area contributed by atoms with Gasteiger partial charge in [-0.25, -0.2) is 37.5 Å². The van der Waals surface area contributed by atoms with E-state index in [4.69, 9.17) is 56.6 Å². The number of nitrogens with one attached hydrogen (secondary N) is 6. The number of urea groups is 2. The highest BCUT2D eigenvalue weighted by Gasteiger charge is 2.47. The Morgan fingerprint density at radius 1 is 0.663 bits per heavy atom. The molecular formula is C53H56Cl2F3N23O8. The van der Waals surface area contributed by atoms with Crippen LogP contribution in [-0.4, -0.2) is 174 Å². The van der Waals surface area contributed by atoms with Crippen molar-refractivity contribution in [3.63, 3.8) is 0 Å². The van der Waals surface area contributed by atoms with Gasteiger partial charge in [-0.15, -0.1) is 32.8 Å². The zero-order valence-corrected chi connectivity index (χ0v) is 48.5. The van der Waals surface area contributed by atoms with E-state index in [1.807, 2.05) is 16.7 Å². The summed E-state index contributed by atoms with van der Waals surface area (Å²) in [4.78, 5) is 68.4. The minimum atomic E-state index is -2.80. The zero-order valence-electron chi connectivity index (χ0n) is 53.0. The van der Waals surface area contributed by atoms with Gasteiger partial charge in [0.25, 0.3) is 11.8 Å². The number of amides is 7. The fraction of sp³-hybridized carbons (Fsp3) is 0.283. The van der Waals surface area contributed by atoms with Crippen LogP contribution in [0.15, 0.2) is 91.5 Å². The number of rotatable bonds is 12. The number of likely N-dealkylation sites (tertiary alicyclic amines) is 2. The lowest BCUT2D eigenvalue weighted by molar-refractivity contribution is 0.0425. The Morgan fingerprint density at radius 3 is 1.53 bits per heavy atom. The number of aryl methyl sites for hydroxylation is 2. The first kappa shape index (κ1) is 59.6. The van der Waals surface area contributed by atoms with E-state index in [2.05, 4.69) is 66.6 Å². The summed E-state index contributed by atoms with van der Waals surface area (Å²) in [6.45, 7) is -6.32. The van der Waals surface area contributed by atoms with Gasteiger partial charge in [-0.3, -0.25) is 24.3 Å². The predicted octanol–water partition coefficient (Wildman–Crippen LogP) is 4.50. The minimum absolute atomic E-state index is 0. The van der Waals surface area contributed by atoms with Crippen molar-refractivity contribution >= 4 is 82.5 Å². The molecule has 0 unspecified atom stereocenters. The van der Waals surface area contributed by atoms with Gasteiger partial charge in [-0.1, -0.05) is 41.9 Å². The molecule has 0 bridgehead atoms. The molecule has 0 aliphatic carbocycles. The molecule has 10 N–H and O–H groups in total. The van der Waals surface area contributed by atoms with Gasteiger partial charge >= 0.3 is 18.2 Å². The fourth-order valence-corrected chi connectivity index (χ4v) is 7.67. The number of primary amides is 2. The monoisotopic (exact) mass is 1280 g/mol. The third kappa shape index (κ3) is 18.2. The molecule has 0 radical (unpaired) electrons. The SMILES string of the molecule is Cl.N#CC1(F)CN(C(N)=O)C1.N#CC1(F)CNC1.NC(=O)Oc1ccccc1.[2H]C([2H])([2H])NC(=O)c1nnc(Cl)cc1Nc1cccc(-c2ncn(C)n2)c1OC.[2H]C([2H])([2H])NC(=O)c1nnc(NC(=O)N2CC(F)(C#N)C2)cc1Nc1cccc(-c2ncn(C)n2)c1OC. The Kier molecular flexibility index (Phi) is 20.6. The van der Waals surface area contributed by atoms with E-state index in [-0.39, 0.29) is 66.6 Å². The molecule has 3 aliphatic heterocycles. The van der Waals surface area contributed by atoms with Crippen LogP contribution in [0.4, 0.5) is 56.1 Å². The second kappa shape index (κ2) is 30.8. The van der Waals surface area contributed by atoms with Crippen molar-refractivity contribution in [3.8, 4) is 58.2 Å². The Labute approximate surface area is 524 Å². The van der Waals surface area contributed by atoms with E-state index in [1.54, 1.807) is 91.8 Å². The molecule has 4 aromatic heterocycles. The number of nitrogens with two attached hydrogens (primary N) is 2. The van der Waals surface area contributed by atoms with Crippen molar-refractivity contribution < 1.29 is 59.6 Å². The quantitative estimate of drug-likeness (QED) is 0.0834. The van der Waals surface area contributed by atoms with Crippen LogP contribution in [0.1, 0.15) is 29.2 Å². The predicted molar refractivity (Wildman–Crippen MR) is 315 cm³/mol. The van der Waals surface area contributed by atoms with Crippen molar-refractivity contribution in [2.75, 3.05) is 83.4 Å². The standard InChI is InChI=1S/C21H21FN10O3.C16H16ClN7O2.C7H7NO2.C5H6FN3O.C4H5FN2.ClH/c1-24-19(33)16-14(7-15(28-29-16)27-20(34)32-9-21(22,8-23)10-32)26-13-6-4-5-12(17(13)35-3)18-25-11-31(2)30-18;1-18-16(25)13-11(7-12(17)21-22-13)20-10-6-4-5-9(14(10)26-3)15-19-8-24(2)23-15;8-7(9)10-6-4-2-1-3-5-6;6-5(1-7)2-9(3-5)4(8)10;5-4(1-6)2-7-3-4;/h4-7,11H,9-10H2,1-3H3,(H,24,33)(H2,26,27,28,34);4-8H,1-3H3,(H,18,25)(H,20,21);1-5H,(H2,8,9);2-3H2,(H2,8,10);7H,2-3H2;1H/i2*1D3;;;;. The van der Waals surface area contributed by atoms with Crippen LogP contribution >= 0.6 is 24.0 Å². The molecule has 36 heteroatoms. The van der Waals surface area contributed by atoms with E-state index >= 15 is 0 Å². The highest BCUT2D eigenvalue weighted by molar-refractivity contribution is 6.29. The molecule has 3 fully saturated rings. The third-order valence-corrected chi connectivity index (χ3v) is 12.0. The van der Waals surface area contributed by atoms with Crippen LogP contribution in [0, 0.1) is 34.0 Å². The first-order valence-electron chi connectivity index (χ1n) is 28.0. The molecule has 0 atom stereocenters. The number of nitrogens with zero attached hydrogens (tertiary/aromatic N) is 15. The number of para-hydroxylation sites is 3. The summed E-state index contributed by atoms with van der Waals surface area (Å²) in [7, 11) is 6.34. The molecule has 7 heterocycles. The largest absolute Gasteiger partial charge is 0.494 e. The fourth-order valence-electron chi connectivity index (χ4n) is 7.52. The molecule has 7 aromatic rings. The van der Waals surface area contributed by atoms with Crippen molar-refractivity contribution in [2.45, 2.75) is 17.0 Å². The summed E-state index contributed by atoms with van der Waals surface area (Å²) in [6, 6.07) is 24.6.